The number of aryl methyl sites for hydroxylation is 2. The zero-order valence-corrected chi connectivity index (χ0v) is 30.9. The Kier molecular flexibility index (Phi) is 14.8. The standard InChI is InChI=1S/C40H50N4O8/c1-25-19-31(21-41-17-9-15-35(45)46)39(49-5)43-37(25)51-23-29-11-7-13-33(27(29)3)34-14-8-12-30(28(34)4)24-52-38-26(2)20-32(40(44-38)50-6)22-42-18-10-16-36(47)48/h7-8,11-14,19-20,41-42H,9-10,15-18,21-24H2,1-6H3,(H,45,46)(H,47,48). The van der Waals surface area contributed by atoms with E-state index in [0.717, 1.165) is 55.6 Å². The van der Waals surface area contributed by atoms with Crippen molar-refractivity contribution in [3.05, 3.63) is 93.0 Å². The highest BCUT2D eigenvalue weighted by molar-refractivity contribution is 5.72. The summed E-state index contributed by atoms with van der Waals surface area (Å²) in [7, 11) is 3.15. The van der Waals surface area contributed by atoms with Crippen LogP contribution in [0.25, 0.3) is 11.1 Å². The molecule has 0 aliphatic rings. The zero-order valence-electron chi connectivity index (χ0n) is 30.9. The van der Waals surface area contributed by atoms with Gasteiger partial charge in [-0.05, 0) is 99.1 Å². The number of carboxylic acids is 2. The fourth-order valence-corrected chi connectivity index (χ4v) is 5.90. The van der Waals surface area contributed by atoms with Crippen LogP contribution in [-0.2, 0) is 35.9 Å². The van der Waals surface area contributed by atoms with Crippen LogP contribution < -0.4 is 29.6 Å². The Morgan fingerprint density at radius 3 is 1.38 bits per heavy atom. The zero-order chi connectivity index (χ0) is 37.6. The topological polar surface area (TPSA) is 161 Å². The van der Waals surface area contributed by atoms with E-state index in [4.69, 9.17) is 29.2 Å². The predicted octanol–water partition coefficient (Wildman–Crippen LogP) is 6.46. The van der Waals surface area contributed by atoms with Gasteiger partial charge in [-0.1, -0.05) is 36.4 Å². The first-order chi connectivity index (χ1) is 25.0. The third kappa shape index (κ3) is 10.9. The molecule has 0 unspecified atom stereocenters. The molecule has 0 saturated carbocycles. The van der Waals surface area contributed by atoms with Crippen LogP contribution in [0.2, 0.25) is 0 Å². The van der Waals surface area contributed by atoms with Gasteiger partial charge in [-0.15, -0.1) is 0 Å². The van der Waals surface area contributed by atoms with E-state index in [9.17, 15) is 9.59 Å². The summed E-state index contributed by atoms with van der Waals surface area (Å²) < 4.78 is 23.6. The van der Waals surface area contributed by atoms with E-state index in [2.05, 4.69) is 58.7 Å². The summed E-state index contributed by atoms with van der Waals surface area (Å²) in [5, 5.41) is 24.2. The predicted molar refractivity (Wildman–Crippen MR) is 198 cm³/mol. The summed E-state index contributed by atoms with van der Waals surface area (Å²) in [5.41, 5.74) is 9.98. The van der Waals surface area contributed by atoms with Crippen LogP contribution in [-0.4, -0.2) is 59.4 Å². The van der Waals surface area contributed by atoms with Gasteiger partial charge in [0.2, 0.25) is 23.5 Å². The van der Waals surface area contributed by atoms with E-state index in [-0.39, 0.29) is 12.8 Å². The van der Waals surface area contributed by atoms with Gasteiger partial charge in [0.25, 0.3) is 0 Å². The quantitative estimate of drug-likeness (QED) is 0.0699. The molecular formula is C40H50N4O8. The van der Waals surface area contributed by atoms with Crippen molar-refractivity contribution in [2.45, 2.75) is 79.7 Å². The molecule has 0 radical (unpaired) electrons. The van der Waals surface area contributed by atoms with E-state index in [0.29, 0.717) is 75.8 Å². The van der Waals surface area contributed by atoms with Gasteiger partial charge in [0.15, 0.2) is 0 Å². The third-order valence-corrected chi connectivity index (χ3v) is 8.83. The van der Waals surface area contributed by atoms with Crippen LogP contribution in [0.4, 0.5) is 0 Å². The number of hydrogen-bond acceptors (Lipinski definition) is 10. The number of ether oxygens (including phenoxy) is 4. The molecule has 0 saturated heterocycles. The largest absolute Gasteiger partial charge is 0.481 e. The van der Waals surface area contributed by atoms with Gasteiger partial charge < -0.3 is 39.8 Å². The van der Waals surface area contributed by atoms with E-state index < -0.39 is 11.9 Å². The second-order valence-corrected chi connectivity index (χ2v) is 12.7. The lowest BCUT2D eigenvalue weighted by atomic mass is 9.92. The summed E-state index contributed by atoms with van der Waals surface area (Å²) in [5.74, 6) is 0.307. The minimum atomic E-state index is -0.805. The summed E-state index contributed by atoms with van der Waals surface area (Å²) in [4.78, 5) is 30.8. The highest BCUT2D eigenvalue weighted by Crippen LogP contribution is 2.32. The summed E-state index contributed by atoms with van der Waals surface area (Å²) in [6, 6.07) is 16.4. The third-order valence-electron chi connectivity index (χ3n) is 8.83. The SMILES string of the molecule is COc1nc(OCc2cccc(-c3cccc(COc4nc(OC)c(CNCCCC(=O)O)cc4C)c3C)c2C)c(C)cc1CNCCCC(=O)O. The molecular weight excluding hydrogens is 664 g/mol. The summed E-state index contributed by atoms with van der Waals surface area (Å²) in [6.45, 7) is 10.9. The maximum Gasteiger partial charge on any atom is 0.303 e. The van der Waals surface area contributed by atoms with Crippen molar-refractivity contribution in [1.29, 1.82) is 0 Å². The highest BCUT2D eigenvalue weighted by Gasteiger charge is 2.16. The lowest BCUT2D eigenvalue weighted by Crippen LogP contribution is -2.17. The number of nitrogens with one attached hydrogen (secondary N) is 2. The van der Waals surface area contributed by atoms with Crippen molar-refractivity contribution in [2.75, 3.05) is 27.3 Å². The van der Waals surface area contributed by atoms with Gasteiger partial charge in [0.1, 0.15) is 13.2 Å². The number of aromatic nitrogens is 2. The Labute approximate surface area is 305 Å². The molecule has 2 heterocycles. The number of methoxy groups -OCH3 is 2. The average molecular weight is 715 g/mol. The minimum Gasteiger partial charge on any atom is -0.481 e. The first-order valence-electron chi connectivity index (χ1n) is 17.4. The van der Waals surface area contributed by atoms with Gasteiger partial charge in [0.05, 0.1) is 14.2 Å². The molecule has 12 nitrogen and oxygen atoms in total. The van der Waals surface area contributed by atoms with Crippen LogP contribution >= 0.6 is 0 Å². The number of aliphatic carboxylic acids is 2. The fourth-order valence-electron chi connectivity index (χ4n) is 5.90. The van der Waals surface area contributed by atoms with Crippen LogP contribution in [0.15, 0.2) is 48.5 Å². The number of pyridine rings is 2. The minimum absolute atomic E-state index is 0.123. The Morgan fingerprint density at radius 1 is 0.615 bits per heavy atom. The first kappa shape index (κ1) is 39.6. The molecule has 0 aliphatic heterocycles. The molecule has 12 heteroatoms. The summed E-state index contributed by atoms with van der Waals surface area (Å²) in [6.07, 6.45) is 1.33. The average Bonchev–Trinajstić information content (AvgIpc) is 3.11. The molecule has 0 amide bonds. The Balaban J connectivity index is 1.43. The smallest absolute Gasteiger partial charge is 0.303 e. The lowest BCUT2D eigenvalue weighted by Gasteiger charge is -2.18. The van der Waals surface area contributed by atoms with Crippen molar-refractivity contribution >= 4 is 11.9 Å². The van der Waals surface area contributed by atoms with Crippen LogP contribution in [0.3, 0.4) is 0 Å². The monoisotopic (exact) mass is 714 g/mol. The number of carbonyl (C=O) groups is 2. The Bertz CT molecular complexity index is 1710. The number of benzene rings is 2. The second kappa shape index (κ2) is 19.4. The normalized spacial score (nSPS) is 11.0. The van der Waals surface area contributed by atoms with Crippen molar-refractivity contribution in [3.8, 4) is 34.6 Å². The van der Waals surface area contributed by atoms with Gasteiger partial charge >= 0.3 is 11.9 Å². The van der Waals surface area contributed by atoms with Gasteiger partial charge in [0, 0.05) is 48.2 Å². The maximum atomic E-state index is 10.8. The number of hydrogen-bond donors (Lipinski definition) is 4. The van der Waals surface area contributed by atoms with E-state index in [1.807, 2.05) is 38.1 Å². The van der Waals surface area contributed by atoms with Crippen molar-refractivity contribution < 1.29 is 38.7 Å². The molecule has 2 aromatic heterocycles. The molecule has 0 spiro atoms. The molecule has 4 N–H and O–H groups in total. The first-order valence-corrected chi connectivity index (χ1v) is 17.4. The van der Waals surface area contributed by atoms with Gasteiger partial charge in [-0.3, -0.25) is 9.59 Å². The highest BCUT2D eigenvalue weighted by atomic mass is 16.5. The van der Waals surface area contributed by atoms with E-state index in [1.165, 1.54) is 0 Å². The van der Waals surface area contributed by atoms with E-state index in [1.54, 1.807) is 14.2 Å². The number of carboxylic acid groups (broad SMARTS) is 2. The van der Waals surface area contributed by atoms with Crippen molar-refractivity contribution in [2.24, 2.45) is 0 Å². The molecule has 4 aromatic rings. The number of rotatable bonds is 21. The lowest BCUT2D eigenvalue weighted by molar-refractivity contribution is -0.138. The maximum absolute atomic E-state index is 10.8. The Hall–Kier alpha value is -5.20. The van der Waals surface area contributed by atoms with Crippen molar-refractivity contribution in [3.63, 3.8) is 0 Å². The fraction of sp³-hybridized carbons (Fsp3) is 0.400. The van der Waals surface area contributed by atoms with Crippen LogP contribution in [0, 0.1) is 27.7 Å². The summed E-state index contributed by atoms with van der Waals surface area (Å²) >= 11 is 0. The molecule has 52 heavy (non-hydrogen) atoms. The molecule has 0 atom stereocenters. The Morgan fingerprint density at radius 2 is 1.02 bits per heavy atom. The number of nitrogens with zero attached hydrogens (tertiary/aromatic N) is 2. The molecule has 0 bridgehead atoms. The second-order valence-electron chi connectivity index (χ2n) is 12.7. The molecule has 0 fully saturated rings. The van der Waals surface area contributed by atoms with Gasteiger partial charge in [-0.2, -0.15) is 9.97 Å². The molecule has 4 rings (SSSR count). The van der Waals surface area contributed by atoms with E-state index >= 15 is 0 Å². The molecule has 2 aromatic carbocycles. The van der Waals surface area contributed by atoms with Crippen LogP contribution in [0.1, 0.15) is 70.2 Å². The van der Waals surface area contributed by atoms with Crippen LogP contribution in [0.5, 0.6) is 23.5 Å². The van der Waals surface area contributed by atoms with Gasteiger partial charge in [-0.25, -0.2) is 0 Å². The molecule has 0 aliphatic carbocycles. The van der Waals surface area contributed by atoms with Crippen molar-refractivity contribution in [1.82, 2.24) is 20.6 Å². The molecule has 278 valence electrons.